The quantitative estimate of drug-likeness (QED) is 0.460. The number of hydrogen-bond donors (Lipinski definition) is 4. The summed E-state index contributed by atoms with van der Waals surface area (Å²) in [5, 5.41) is 15.2. The van der Waals surface area contributed by atoms with Gasteiger partial charge in [0.15, 0.2) is 12.3 Å². The van der Waals surface area contributed by atoms with E-state index in [-0.39, 0.29) is 36.8 Å². The number of hydrogen-bond acceptors (Lipinski definition) is 7. The fourth-order valence-electron chi connectivity index (χ4n) is 4.02. The van der Waals surface area contributed by atoms with Gasteiger partial charge in [-0.25, -0.2) is 9.97 Å². The maximum absolute atomic E-state index is 12.9. The van der Waals surface area contributed by atoms with Crippen molar-refractivity contribution in [3.63, 3.8) is 0 Å². The van der Waals surface area contributed by atoms with Crippen LogP contribution in [0.1, 0.15) is 39.3 Å². The number of anilines is 1. The highest BCUT2D eigenvalue weighted by molar-refractivity contribution is 6.10. The summed E-state index contributed by atoms with van der Waals surface area (Å²) < 4.78 is 5.34. The van der Waals surface area contributed by atoms with E-state index in [1.54, 1.807) is 23.1 Å². The third kappa shape index (κ3) is 4.10. The van der Waals surface area contributed by atoms with Crippen molar-refractivity contribution in [2.24, 2.45) is 0 Å². The molecule has 1 aromatic carbocycles. The van der Waals surface area contributed by atoms with E-state index in [0.717, 1.165) is 5.56 Å². The van der Waals surface area contributed by atoms with Gasteiger partial charge in [-0.2, -0.15) is 0 Å². The lowest BCUT2D eigenvalue weighted by Crippen LogP contribution is -2.40. The number of fused-ring (bicyclic) bond motifs is 2. The fourth-order valence-corrected chi connectivity index (χ4v) is 4.02. The Balaban J connectivity index is 1.32. The number of aromatic nitrogens is 3. The minimum absolute atomic E-state index is 0.0207. The molecule has 0 atom stereocenters. The number of amides is 3. The first-order chi connectivity index (χ1) is 16.0. The van der Waals surface area contributed by atoms with Crippen LogP contribution < -0.4 is 15.4 Å². The average molecular weight is 450 g/mol. The summed E-state index contributed by atoms with van der Waals surface area (Å²) >= 11 is 0. The molecule has 0 radical (unpaired) electrons. The van der Waals surface area contributed by atoms with E-state index >= 15 is 0 Å². The first kappa shape index (κ1) is 20.9. The molecule has 3 aromatic rings. The molecule has 3 amide bonds. The van der Waals surface area contributed by atoms with Gasteiger partial charge in [0.05, 0.1) is 22.9 Å². The number of aliphatic hydroxyl groups excluding tert-OH is 1. The first-order valence-corrected chi connectivity index (χ1v) is 10.6. The molecule has 4 N–H and O–H groups in total. The standard InChI is InChI=1S/C22H22N6O5/c29-13-3-5-28(6-4-13)22(32)14-9-23-19-18(14)25-11-26-20(19)21(31)24-8-12-1-2-16-15(7-12)27-17(30)10-33-16/h1-2,7,9,11,13,23,29H,3-6,8,10H2,(H,24,31)(H,27,30). The molecule has 2 aliphatic rings. The molecule has 33 heavy (non-hydrogen) atoms. The number of aliphatic hydroxyl groups is 1. The molecule has 1 saturated heterocycles. The molecule has 4 heterocycles. The van der Waals surface area contributed by atoms with Gasteiger partial charge in [-0.1, -0.05) is 6.07 Å². The van der Waals surface area contributed by atoms with Crippen molar-refractivity contribution in [1.82, 2.24) is 25.2 Å². The maximum Gasteiger partial charge on any atom is 0.272 e. The molecular weight excluding hydrogens is 428 g/mol. The van der Waals surface area contributed by atoms with Crippen LogP contribution in [0.4, 0.5) is 5.69 Å². The Morgan fingerprint density at radius 2 is 2.06 bits per heavy atom. The first-order valence-electron chi connectivity index (χ1n) is 10.6. The predicted octanol–water partition coefficient (Wildman–Crippen LogP) is 0.816. The van der Waals surface area contributed by atoms with Crippen LogP contribution >= 0.6 is 0 Å². The maximum atomic E-state index is 12.9. The lowest BCUT2D eigenvalue weighted by atomic mass is 10.1. The summed E-state index contributed by atoms with van der Waals surface area (Å²) in [6.45, 7) is 1.12. The molecule has 170 valence electrons. The van der Waals surface area contributed by atoms with Crippen LogP contribution in [-0.4, -0.2) is 68.5 Å². The molecule has 1 fully saturated rings. The van der Waals surface area contributed by atoms with Gasteiger partial charge in [-0.3, -0.25) is 14.4 Å². The molecular formula is C22H22N6O5. The minimum Gasteiger partial charge on any atom is -0.482 e. The number of likely N-dealkylation sites (tertiary alicyclic amines) is 1. The summed E-state index contributed by atoms with van der Waals surface area (Å²) in [5.41, 5.74) is 2.57. The fraction of sp³-hybridized carbons (Fsp3) is 0.318. The summed E-state index contributed by atoms with van der Waals surface area (Å²) in [6, 6.07) is 5.28. The van der Waals surface area contributed by atoms with Gasteiger partial charge >= 0.3 is 0 Å². The number of nitrogens with zero attached hydrogens (tertiary/aromatic N) is 3. The SMILES string of the molecule is O=C1COc2ccc(CNC(=O)c3ncnc4c(C(=O)N5CCC(O)CC5)c[nH]c34)cc2N1. The third-order valence-corrected chi connectivity index (χ3v) is 5.79. The molecule has 5 rings (SSSR count). The topological polar surface area (TPSA) is 150 Å². The highest BCUT2D eigenvalue weighted by Crippen LogP contribution is 2.28. The van der Waals surface area contributed by atoms with Crippen molar-refractivity contribution in [3.05, 3.63) is 47.5 Å². The zero-order valence-corrected chi connectivity index (χ0v) is 17.6. The highest BCUT2D eigenvalue weighted by Gasteiger charge is 2.26. The van der Waals surface area contributed by atoms with Crippen molar-refractivity contribution in [2.45, 2.75) is 25.5 Å². The second kappa shape index (κ2) is 8.51. The Labute approximate surface area is 188 Å². The van der Waals surface area contributed by atoms with Crippen LogP contribution in [0.15, 0.2) is 30.7 Å². The third-order valence-electron chi connectivity index (χ3n) is 5.79. The summed E-state index contributed by atoms with van der Waals surface area (Å²) in [4.78, 5) is 50.3. The molecule has 0 aliphatic carbocycles. The molecule has 0 saturated carbocycles. The monoisotopic (exact) mass is 450 g/mol. The zero-order chi connectivity index (χ0) is 22.9. The van der Waals surface area contributed by atoms with Gasteiger partial charge in [0.1, 0.15) is 17.6 Å². The molecule has 2 aliphatic heterocycles. The number of rotatable bonds is 4. The molecule has 0 spiro atoms. The van der Waals surface area contributed by atoms with Gasteiger partial charge in [-0.15, -0.1) is 0 Å². The number of carbonyl (C=O) groups is 3. The van der Waals surface area contributed by atoms with Gasteiger partial charge in [-0.05, 0) is 30.5 Å². The Morgan fingerprint density at radius 1 is 1.24 bits per heavy atom. The Hall–Kier alpha value is -3.99. The molecule has 11 nitrogen and oxygen atoms in total. The van der Waals surface area contributed by atoms with E-state index in [1.165, 1.54) is 12.5 Å². The minimum atomic E-state index is -0.428. The smallest absolute Gasteiger partial charge is 0.272 e. The Bertz CT molecular complexity index is 1250. The number of H-pyrrole nitrogens is 1. The lowest BCUT2D eigenvalue weighted by Gasteiger charge is -2.29. The van der Waals surface area contributed by atoms with Crippen LogP contribution in [0.2, 0.25) is 0 Å². The number of piperidine rings is 1. The van der Waals surface area contributed by atoms with Gasteiger partial charge in [0, 0.05) is 25.8 Å². The largest absolute Gasteiger partial charge is 0.482 e. The number of carbonyl (C=O) groups excluding carboxylic acids is 3. The van der Waals surface area contributed by atoms with E-state index < -0.39 is 5.91 Å². The summed E-state index contributed by atoms with van der Waals surface area (Å²) in [7, 11) is 0. The van der Waals surface area contributed by atoms with Crippen LogP contribution in [0.3, 0.4) is 0 Å². The number of benzene rings is 1. The van der Waals surface area contributed by atoms with Crippen molar-refractivity contribution in [2.75, 3.05) is 25.0 Å². The van der Waals surface area contributed by atoms with E-state index in [4.69, 9.17) is 4.74 Å². The van der Waals surface area contributed by atoms with Crippen molar-refractivity contribution >= 4 is 34.4 Å². The van der Waals surface area contributed by atoms with Gasteiger partial charge < -0.3 is 30.4 Å². The van der Waals surface area contributed by atoms with Crippen LogP contribution in [0.5, 0.6) is 5.75 Å². The molecule has 2 aromatic heterocycles. The van der Waals surface area contributed by atoms with Crippen LogP contribution in [-0.2, 0) is 11.3 Å². The van der Waals surface area contributed by atoms with Crippen LogP contribution in [0, 0.1) is 0 Å². The van der Waals surface area contributed by atoms with Crippen molar-refractivity contribution in [1.29, 1.82) is 0 Å². The summed E-state index contributed by atoms with van der Waals surface area (Å²) in [6.07, 6.45) is 3.49. The zero-order valence-electron chi connectivity index (χ0n) is 17.6. The summed E-state index contributed by atoms with van der Waals surface area (Å²) in [5.74, 6) is -0.280. The second-order valence-corrected chi connectivity index (χ2v) is 8.02. The number of ether oxygens (including phenoxy) is 1. The lowest BCUT2D eigenvalue weighted by molar-refractivity contribution is -0.118. The van der Waals surface area contributed by atoms with Gasteiger partial charge in [0.25, 0.3) is 17.7 Å². The van der Waals surface area contributed by atoms with E-state index in [2.05, 4.69) is 25.6 Å². The average Bonchev–Trinajstić information content (AvgIpc) is 3.26. The van der Waals surface area contributed by atoms with Gasteiger partial charge in [0.2, 0.25) is 0 Å². The highest BCUT2D eigenvalue weighted by atomic mass is 16.5. The van der Waals surface area contributed by atoms with E-state index in [9.17, 15) is 19.5 Å². The molecule has 11 heteroatoms. The number of nitrogens with one attached hydrogen (secondary N) is 3. The second-order valence-electron chi connectivity index (χ2n) is 8.02. The Kier molecular flexibility index (Phi) is 5.38. The molecule has 0 bridgehead atoms. The van der Waals surface area contributed by atoms with Crippen molar-refractivity contribution in [3.8, 4) is 5.75 Å². The number of aromatic amines is 1. The Morgan fingerprint density at radius 3 is 2.88 bits per heavy atom. The normalized spacial score (nSPS) is 16.2. The van der Waals surface area contributed by atoms with E-state index in [1.807, 2.05) is 0 Å². The van der Waals surface area contributed by atoms with Crippen LogP contribution in [0.25, 0.3) is 11.0 Å². The molecule has 0 unspecified atom stereocenters. The van der Waals surface area contributed by atoms with E-state index in [0.29, 0.717) is 54.0 Å². The predicted molar refractivity (Wildman–Crippen MR) is 117 cm³/mol. The van der Waals surface area contributed by atoms with Crippen molar-refractivity contribution < 1.29 is 24.2 Å².